The molecule has 0 saturated heterocycles. The Balaban J connectivity index is 2.53. The van der Waals surface area contributed by atoms with Gasteiger partial charge in [0.25, 0.3) is 15.9 Å². The number of urea groups is 1. The Morgan fingerprint density at radius 1 is 1.50 bits per heavy atom. The van der Waals surface area contributed by atoms with E-state index < -0.39 is 16.1 Å². The van der Waals surface area contributed by atoms with Gasteiger partial charge in [-0.25, -0.2) is 9.52 Å². The summed E-state index contributed by atoms with van der Waals surface area (Å²) in [4.78, 5) is 16.3. The summed E-state index contributed by atoms with van der Waals surface area (Å²) in [6, 6.07) is -0.903. The van der Waals surface area contributed by atoms with E-state index >= 15 is 0 Å². The zero-order valence-corrected chi connectivity index (χ0v) is 13.5. The van der Waals surface area contributed by atoms with Crippen LogP contribution < -0.4 is 10.0 Å². The number of aryl methyl sites for hydroxylation is 1. The smallest absolute Gasteiger partial charge is 0.328 e. The minimum atomic E-state index is -4.24. The van der Waals surface area contributed by atoms with Gasteiger partial charge < -0.3 is 14.9 Å². The Morgan fingerprint density at radius 3 is 2.77 bits per heavy atom. The van der Waals surface area contributed by atoms with Gasteiger partial charge >= 0.3 is 6.03 Å². The Bertz CT molecular complexity index is 728. The Morgan fingerprint density at radius 2 is 2.18 bits per heavy atom. The van der Waals surface area contributed by atoms with Crippen LogP contribution in [0.25, 0.3) is 0 Å². The standard InChI is InChI=1S/C10H14ClN5O5S/c1-5-4-20-14-8(21-5)6-7(11)13-16(3)9(6)22(18,19)15-10(17)12-2/h5H,4H2,1-3H3,(H2,12,15,17). The number of rotatable bonds is 3. The third-order valence-electron chi connectivity index (χ3n) is 2.64. The highest BCUT2D eigenvalue weighted by molar-refractivity contribution is 7.90. The Kier molecular flexibility index (Phi) is 4.47. The van der Waals surface area contributed by atoms with Crippen LogP contribution in [0.4, 0.5) is 4.79 Å². The molecule has 0 fully saturated rings. The lowest BCUT2D eigenvalue weighted by Gasteiger charge is -2.20. The van der Waals surface area contributed by atoms with Crippen molar-refractivity contribution in [3.63, 3.8) is 0 Å². The van der Waals surface area contributed by atoms with Gasteiger partial charge in [-0.2, -0.15) is 13.5 Å². The highest BCUT2D eigenvalue weighted by atomic mass is 35.5. The van der Waals surface area contributed by atoms with E-state index in [-0.39, 0.29) is 34.4 Å². The lowest BCUT2D eigenvalue weighted by atomic mass is 10.3. The number of halogens is 1. The first kappa shape index (κ1) is 16.4. The van der Waals surface area contributed by atoms with Gasteiger partial charge in [-0.3, -0.25) is 4.68 Å². The summed E-state index contributed by atoms with van der Waals surface area (Å²) in [5.41, 5.74) is -0.0767. The number of ether oxygens (including phenoxy) is 1. The fourth-order valence-corrected chi connectivity index (χ4v) is 3.36. The molecule has 2 N–H and O–H groups in total. The van der Waals surface area contributed by atoms with Crippen LogP contribution in [0.5, 0.6) is 0 Å². The number of amides is 2. The van der Waals surface area contributed by atoms with Gasteiger partial charge in [-0.15, -0.1) is 0 Å². The van der Waals surface area contributed by atoms with Crippen molar-refractivity contribution in [1.82, 2.24) is 19.8 Å². The van der Waals surface area contributed by atoms with Crippen LogP contribution in [-0.4, -0.2) is 49.9 Å². The van der Waals surface area contributed by atoms with E-state index in [2.05, 4.69) is 15.6 Å². The van der Waals surface area contributed by atoms with Crippen LogP contribution >= 0.6 is 11.6 Å². The Hall–Kier alpha value is -2.01. The summed E-state index contributed by atoms with van der Waals surface area (Å²) in [7, 11) is -1.60. The van der Waals surface area contributed by atoms with Crippen LogP contribution in [0.15, 0.2) is 10.2 Å². The second-order valence-corrected chi connectivity index (χ2v) is 6.36. The van der Waals surface area contributed by atoms with Gasteiger partial charge in [0.1, 0.15) is 11.7 Å². The lowest BCUT2D eigenvalue weighted by Crippen LogP contribution is -2.39. The number of nitrogens with one attached hydrogen (secondary N) is 2. The fourth-order valence-electron chi connectivity index (χ4n) is 1.74. The number of nitrogens with zero attached hydrogens (tertiary/aromatic N) is 3. The molecule has 0 spiro atoms. The first-order chi connectivity index (χ1) is 10.3. The van der Waals surface area contributed by atoms with E-state index in [4.69, 9.17) is 21.2 Å². The second-order valence-electron chi connectivity index (χ2n) is 4.40. The molecule has 1 aliphatic heterocycles. The largest absolute Gasteiger partial charge is 0.468 e. The molecule has 10 nitrogen and oxygen atoms in total. The normalized spacial score (nSPS) is 18.0. The Labute approximate surface area is 131 Å². The number of hydrogen-bond donors (Lipinski definition) is 2. The van der Waals surface area contributed by atoms with Crippen molar-refractivity contribution in [2.45, 2.75) is 18.1 Å². The molecule has 1 aromatic heterocycles. The third-order valence-corrected chi connectivity index (χ3v) is 4.34. The molecule has 0 aromatic carbocycles. The predicted octanol–water partition coefficient (Wildman–Crippen LogP) is -0.212. The molecule has 0 aliphatic carbocycles. The predicted molar refractivity (Wildman–Crippen MR) is 76.0 cm³/mol. The lowest BCUT2D eigenvalue weighted by molar-refractivity contribution is 0.0194. The number of aromatic nitrogens is 2. The monoisotopic (exact) mass is 351 g/mol. The molecule has 0 saturated carbocycles. The van der Waals surface area contributed by atoms with E-state index in [1.165, 1.54) is 14.1 Å². The highest BCUT2D eigenvalue weighted by Crippen LogP contribution is 2.26. The molecule has 2 amide bonds. The molecule has 0 radical (unpaired) electrons. The van der Waals surface area contributed by atoms with Gasteiger partial charge in [-0.1, -0.05) is 11.6 Å². The average molecular weight is 352 g/mol. The van der Waals surface area contributed by atoms with Gasteiger partial charge in [0.05, 0.1) is 0 Å². The minimum Gasteiger partial charge on any atom is -0.468 e. The summed E-state index contributed by atoms with van der Waals surface area (Å²) in [6.45, 7) is 1.94. The summed E-state index contributed by atoms with van der Waals surface area (Å²) in [6.07, 6.45) is -0.341. The SMILES string of the molecule is CNC(=O)NS(=O)(=O)c1c(C2=NOCC(C)O2)c(Cl)nn1C. The molecule has 1 atom stereocenters. The molecule has 12 heteroatoms. The molecule has 1 unspecified atom stereocenters. The van der Waals surface area contributed by atoms with Crippen LogP contribution in [0.1, 0.15) is 12.5 Å². The first-order valence-electron chi connectivity index (χ1n) is 6.10. The van der Waals surface area contributed by atoms with Crippen LogP contribution in [-0.2, 0) is 26.6 Å². The average Bonchev–Trinajstić information content (AvgIpc) is 2.73. The quantitative estimate of drug-likeness (QED) is 0.776. The van der Waals surface area contributed by atoms with Gasteiger partial charge in [0.15, 0.2) is 16.8 Å². The van der Waals surface area contributed by atoms with E-state index in [9.17, 15) is 13.2 Å². The van der Waals surface area contributed by atoms with Crippen LogP contribution in [0, 0.1) is 0 Å². The van der Waals surface area contributed by atoms with Crippen molar-refractivity contribution in [3.05, 3.63) is 10.7 Å². The molecule has 122 valence electrons. The number of carbonyl (C=O) groups excluding carboxylic acids is 1. The van der Waals surface area contributed by atoms with Crippen LogP contribution in [0.2, 0.25) is 5.15 Å². The maximum absolute atomic E-state index is 12.3. The van der Waals surface area contributed by atoms with Crippen molar-refractivity contribution in [2.75, 3.05) is 13.7 Å². The number of oxime groups is 1. The summed E-state index contributed by atoms with van der Waals surface area (Å²) >= 11 is 5.97. The molecule has 2 rings (SSSR count). The van der Waals surface area contributed by atoms with E-state index in [0.717, 1.165) is 4.68 Å². The van der Waals surface area contributed by atoms with Gasteiger partial charge in [-0.05, 0) is 12.1 Å². The molecular weight excluding hydrogens is 338 g/mol. The molecular formula is C10H14ClN5O5S. The maximum atomic E-state index is 12.3. The molecule has 22 heavy (non-hydrogen) atoms. The van der Waals surface area contributed by atoms with E-state index in [1.807, 2.05) is 4.72 Å². The fraction of sp³-hybridized carbons (Fsp3) is 0.500. The van der Waals surface area contributed by atoms with Crippen LogP contribution in [0.3, 0.4) is 0 Å². The zero-order chi connectivity index (χ0) is 16.5. The van der Waals surface area contributed by atoms with Crippen molar-refractivity contribution in [3.8, 4) is 0 Å². The number of carbonyl (C=O) groups is 1. The van der Waals surface area contributed by atoms with Crippen molar-refractivity contribution >= 4 is 33.6 Å². The highest BCUT2D eigenvalue weighted by Gasteiger charge is 2.34. The van der Waals surface area contributed by atoms with E-state index in [0.29, 0.717) is 0 Å². The summed E-state index contributed by atoms with van der Waals surface area (Å²) < 4.78 is 32.9. The first-order valence-corrected chi connectivity index (χ1v) is 7.96. The number of hydrogen-bond acceptors (Lipinski definition) is 7. The summed E-state index contributed by atoms with van der Waals surface area (Å²) in [5, 5.41) is 9.13. The molecule has 2 heterocycles. The van der Waals surface area contributed by atoms with E-state index in [1.54, 1.807) is 6.92 Å². The summed E-state index contributed by atoms with van der Waals surface area (Å²) in [5.74, 6) is -0.117. The molecule has 0 bridgehead atoms. The van der Waals surface area contributed by atoms with Crippen molar-refractivity contribution in [1.29, 1.82) is 0 Å². The zero-order valence-electron chi connectivity index (χ0n) is 12.0. The maximum Gasteiger partial charge on any atom is 0.328 e. The number of sulfonamides is 1. The molecule has 1 aliphatic rings. The molecule has 1 aromatic rings. The van der Waals surface area contributed by atoms with Gasteiger partial charge in [0.2, 0.25) is 0 Å². The topological polar surface area (TPSA) is 124 Å². The van der Waals surface area contributed by atoms with Gasteiger partial charge in [0, 0.05) is 14.1 Å². The second kappa shape index (κ2) is 6.01. The van der Waals surface area contributed by atoms with Crippen molar-refractivity contribution in [2.24, 2.45) is 12.2 Å². The minimum absolute atomic E-state index is 0.0767. The third kappa shape index (κ3) is 3.09. The van der Waals surface area contributed by atoms with Crippen molar-refractivity contribution < 1.29 is 22.8 Å².